The van der Waals surface area contributed by atoms with Crippen molar-refractivity contribution in [1.82, 2.24) is 4.31 Å². The van der Waals surface area contributed by atoms with Crippen molar-refractivity contribution in [3.8, 4) is 16.2 Å². The molecule has 3 aromatic rings. The van der Waals surface area contributed by atoms with Gasteiger partial charge in [0, 0.05) is 21.0 Å². The first kappa shape index (κ1) is 22.4. The number of anilines is 1. The Morgan fingerprint density at radius 1 is 1.13 bits per heavy atom. The minimum atomic E-state index is 0.312. The number of benzene rings is 2. The molecular formula is C24H28N2O2S2. The van der Waals surface area contributed by atoms with Crippen LogP contribution in [0.4, 0.5) is 5.69 Å². The lowest BCUT2D eigenvalue weighted by Gasteiger charge is -2.20. The lowest BCUT2D eigenvalue weighted by atomic mass is 10.1. The highest BCUT2D eigenvalue weighted by Crippen LogP contribution is 2.36. The van der Waals surface area contributed by atoms with E-state index in [4.69, 9.17) is 9.47 Å². The zero-order valence-corrected chi connectivity index (χ0v) is 19.5. The SMILES string of the molecule is C=C(Nc1cc(-c2cccs2)ccc1SN(C)C)c1ccc2c(c1)COCO2.CC. The van der Waals surface area contributed by atoms with Crippen LogP contribution in [0.2, 0.25) is 0 Å². The summed E-state index contributed by atoms with van der Waals surface area (Å²) >= 11 is 3.42. The Bertz CT molecular complexity index is 985. The van der Waals surface area contributed by atoms with Crippen molar-refractivity contribution in [3.63, 3.8) is 0 Å². The number of rotatable bonds is 6. The van der Waals surface area contributed by atoms with Crippen molar-refractivity contribution in [2.45, 2.75) is 25.3 Å². The van der Waals surface area contributed by atoms with E-state index in [0.29, 0.717) is 13.4 Å². The van der Waals surface area contributed by atoms with Gasteiger partial charge in [-0.05, 0) is 78.9 Å². The van der Waals surface area contributed by atoms with Crippen molar-refractivity contribution >= 4 is 34.7 Å². The van der Waals surface area contributed by atoms with E-state index in [1.54, 1.807) is 23.3 Å². The van der Waals surface area contributed by atoms with Gasteiger partial charge in [-0.2, -0.15) is 0 Å². The summed E-state index contributed by atoms with van der Waals surface area (Å²) in [6.07, 6.45) is 0. The zero-order chi connectivity index (χ0) is 21.5. The number of ether oxygens (including phenoxy) is 2. The third-order valence-electron chi connectivity index (χ3n) is 4.32. The van der Waals surface area contributed by atoms with E-state index in [-0.39, 0.29) is 0 Å². The Labute approximate surface area is 187 Å². The van der Waals surface area contributed by atoms with Crippen LogP contribution in [0.15, 0.2) is 65.4 Å². The number of hydrogen-bond donors (Lipinski definition) is 1. The highest BCUT2D eigenvalue weighted by Gasteiger charge is 2.14. The molecule has 2 aromatic carbocycles. The average molecular weight is 441 g/mol. The number of fused-ring (bicyclic) bond motifs is 1. The summed E-state index contributed by atoms with van der Waals surface area (Å²) in [6, 6.07) is 16.8. The van der Waals surface area contributed by atoms with Crippen LogP contribution in [0, 0.1) is 0 Å². The number of nitrogens with one attached hydrogen (secondary N) is 1. The van der Waals surface area contributed by atoms with Gasteiger partial charge in [-0.1, -0.05) is 32.6 Å². The van der Waals surface area contributed by atoms with Crippen LogP contribution in [0.1, 0.15) is 25.0 Å². The van der Waals surface area contributed by atoms with Crippen molar-refractivity contribution in [2.75, 3.05) is 26.2 Å². The van der Waals surface area contributed by atoms with E-state index < -0.39 is 0 Å². The van der Waals surface area contributed by atoms with E-state index in [0.717, 1.165) is 33.2 Å². The van der Waals surface area contributed by atoms with Crippen LogP contribution in [0.5, 0.6) is 5.75 Å². The molecule has 0 amide bonds. The number of nitrogens with zero attached hydrogens (tertiary/aromatic N) is 1. The first-order valence-electron chi connectivity index (χ1n) is 9.93. The average Bonchev–Trinajstić information content (AvgIpc) is 3.30. The van der Waals surface area contributed by atoms with Gasteiger partial charge in [-0.25, -0.2) is 0 Å². The largest absolute Gasteiger partial charge is 0.467 e. The molecule has 4 nitrogen and oxygen atoms in total. The van der Waals surface area contributed by atoms with E-state index in [9.17, 15) is 0 Å². The van der Waals surface area contributed by atoms with Crippen LogP contribution in [0.25, 0.3) is 16.1 Å². The van der Waals surface area contributed by atoms with Crippen LogP contribution in [-0.4, -0.2) is 25.2 Å². The predicted molar refractivity (Wildman–Crippen MR) is 130 cm³/mol. The summed E-state index contributed by atoms with van der Waals surface area (Å²) in [6.45, 7) is 9.14. The molecule has 4 rings (SSSR count). The molecule has 0 bridgehead atoms. The summed E-state index contributed by atoms with van der Waals surface area (Å²) < 4.78 is 13.0. The van der Waals surface area contributed by atoms with Gasteiger partial charge in [0.1, 0.15) is 5.75 Å². The number of hydrogen-bond acceptors (Lipinski definition) is 6. The molecule has 0 spiro atoms. The third-order valence-corrected chi connectivity index (χ3v) is 6.15. The molecule has 1 aromatic heterocycles. The molecule has 0 radical (unpaired) electrons. The van der Waals surface area contributed by atoms with E-state index in [1.165, 1.54) is 10.4 Å². The fourth-order valence-electron chi connectivity index (χ4n) is 3.01. The first-order valence-corrected chi connectivity index (χ1v) is 11.6. The maximum absolute atomic E-state index is 5.52. The normalized spacial score (nSPS) is 12.4. The molecule has 30 heavy (non-hydrogen) atoms. The van der Waals surface area contributed by atoms with Crippen molar-refractivity contribution in [3.05, 3.63) is 71.6 Å². The molecule has 158 valence electrons. The second kappa shape index (κ2) is 10.7. The summed E-state index contributed by atoms with van der Waals surface area (Å²) in [5, 5.41) is 5.62. The molecule has 0 atom stereocenters. The second-order valence-electron chi connectivity index (χ2n) is 6.63. The van der Waals surface area contributed by atoms with Crippen LogP contribution >= 0.6 is 23.3 Å². The minimum absolute atomic E-state index is 0.312. The van der Waals surface area contributed by atoms with Gasteiger partial charge in [0.25, 0.3) is 0 Å². The monoisotopic (exact) mass is 440 g/mol. The topological polar surface area (TPSA) is 33.7 Å². The van der Waals surface area contributed by atoms with Gasteiger partial charge in [0.15, 0.2) is 6.79 Å². The Hall–Kier alpha value is -2.25. The molecule has 0 saturated carbocycles. The smallest absolute Gasteiger partial charge is 0.189 e. The molecule has 2 heterocycles. The molecule has 0 fully saturated rings. The third kappa shape index (κ3) is 5.46. The molecular weight excluding hydrogens is 412 g/mol. The molecule has 6 heteroatoms. The van der Waals surface area contributed by atoms with Crippen molar-refractivity contribution < 1.29 is 9.47 Å². The van der Waals surface area contributed by atoms with Gasteiger partial charge in [-0.15, -0.1) is 11.3 Å². The van der Waals surface area contributed by atoms with Crippen LogP contribution < -0.4 is 10.1 Å². The predicted octanol–water partition coefficient (Wildman–Crippen LogP) is 6.96. The van der Waals surface area contributed by atoms with Gasteiger partial charge >= 0.3 is 0 Å². The summed E-state index contributed by atoms with van der Waals surface area (Å²) in [7, 11) is 4.08. The lowest BCUT2D eigenvalue weighted by Crippen LogP contribution is -2.11. The highest BCUT2D eigenvalue weighted by atomic mass is 32.2. The Kier molecular flexibility index (Phi) is 7.99. The summed E-state index contributed by atoms with van der Waals surface area (Å²) in [5.74, 6) is 0.881. The van der Waals surface area contributed by atoms with E-state index >= 15 is 0 Å². The van der Waals surface area contributed by atoms with Gasteiger partial charge < -0.3 is 14.8 Å². The molecule has 0 unspecified atom stereocenters. The maximum atomic E-state index is 5.52. The van der Waals surface area contributed by atoms with Gasteiger partial charge in [-0.3, -0.25) is 4.31 Å². The van der Waals surface area contributed by atoms with Gasteiger partial charge in [0.05, 0.1) is 12.3 Å². The Morgan fingerprint density at radius 2 is 1.97 bits per heavy atom. The molecule has 0 saturated heterocycles. The Morgan fingerprint density at radius 3 is 2.70 bits per heavy atom. The standard InChI is InChI=1S/C22H22N2O2S2.C2H6/c1-15(16-6-8-20-18(11-16)13-25-14-26-20)23-19-12-17(21-5-4-10-27-21)7-9-22(19)28-24(2)3;1-2/h4-12,23H,1,13-14H2,2-3H3;1-2H3. The summed E-state index contributed by atoms with van der Waals surface area (Å²) in [5.41, 5.74) is 5.15. The molecule has 1 aliphatic heterocycles. The van der Waals surface area contributed by atoms with Crippen molar-refractivity contribution in [1.29, 1.82) is 0 Å². The molecule has 0 aliphatic carbocycles. The Balaban J connectivity index is 0.00000124. The zero-order valence-electron chi connectivity index (χ0n) is 17.9. The lowest BCUT2D eigenvalue weighted by molar-refractivity contribution is -0.0163. The highest BCUT2D eigenvalue weighted by molar-refractivity contribution is 7.97. The minimum Gasteiger partial charge on any atom is -0.467 e. The fourth-order valence-corrected chi connectivity index (χ4v) is 4.47. The van der Waals surface area contributed by atoms with E-state index in [2.05, 4.69) is 58.0 Å². The quantitative estimate of drug-likeness (QED) is 0.419. The summed E-state index contributed by atoms with van der Waals surface area (Å²) in [4.78, 5) is 2.40. The first-order chi connectivity index (χ1) is 14.6. The maximum Gasteiger partial charge on any atom is 0.189 e. The fraction of sp³-hybridized carbons (Fsp3) is 0.250. The molecule has 1 N–H and O–H groups in total. The van der Waals surface area contributed by atoms with Crippen LogP contribution in [0.3, 0.4) is 0 Å². The molecule has 1 aliphatic rings. The number of thiophene rings is 1. The van der Waals surface area contributed by atoms with Crippen LogP contribution in [-0.2, 0) is 11.3 Å². The second-order valence-corrected chi connectivity index (χ2v) is 8.93. The van der Waals surface area contributed by atoms with Crippen molar-refractivity contribution in [2.24, 2.45) is 0 Å². The van der Waals surface area contributed by atoms with E-state index in [1.807, 2.05) is 40.1 Å². The van der Waals surface area contributed by atoms with Gasteiger partial charge in [0.2, 0.25) is 0 Å².